The van der Waals surface area contributed by atoms with Crippen LogP contribution in [0.4, 0.5) is 0 Å². The molecule has 0 N–H and O–H groups in total. The molecule has 4 aromatic rings. The number of fused-ring (bicyclic) bond motifs is 2. The van der Waals surface area contributed by atoms with E-state index in [0.717, 1.165) is 29.4 Å². The Labute approximate surface area is 172 Å². The van der Waals surface area contributed by atoms with Crippen molar-refractivity contribution in [3.05, 3.63) is 80.4 Å². The van der Waals surface area contributed by atoms with Gasteiger partial charge in [-0.25, -0.2) is 9.78 Å². The minimum Gasteiger partial charge on any atom is -0.423 e. The van der Waals surface area contributed by atoms with Crippen molar-refractivity contribution in [3.63, 3.8) is 0 Å². The minimum absolute atomic E-state index is 0.0232. The van der Waals surface area contributed by atoms with Gasteiger partial charge in [-0.15, -0.1) is 0 Å². The molecule has 6 heteroatoms. The number of hydrogen-bond donors (Lipinski definition) is 0. The summed E-state index contributed by atoms with van der Waals surface area (Å²) in [7, 11) is 0. The average Bonchev–Trinajstić information content (AvgIpc) is 2.73. The maximum absolute atomic E-state index is 12.9. The molecule has 4 rings (SSSR count). The molecule has 2 aromatic carbocycles. The van der Waals surface area contributed by atoms with E-state index in [2.05, 4.69) is 13.0 Å². The zero-order valence-electron chi connectivity index (χ0n) is 16.5. The highest BCUT2D eigenvalue weighted by Gasteiger charge is 2.13. The molecule has 0 radical (unpaired) electrons. The normalized spacial score (nSPS) is 11.4. The number of aryl methyl sites for hydroxylation is 1. The number of nitrogens with zero attached hydrogens (tertiary/aromatic N) is 2. The molecule has 5 nitrogen and oxygen atoms in total. The third-order valence-electron chi connectivity index (χ3n) is 4.93. The third-order valence-corrected chi connectivity index (χ3v) is 5.96. The Morgan fingerprint density at radius 3 is 2.66 bits per heavy atom. The van der Waals surface area contributed by atoms with Crippen molar-refractivity contribution in [3.8, 4) is 0 Å². The SMILES string of the molecule is CCCn1c(SCc2cc(=O)oc3cc(CC)ccc23)nc2ccccc2c1=O. The van der Waals surface area contributed by atoms with Crippen LogP contribution >= 0.6 is 11.8 Å². The van der Waals surface area contributed by atoms with E-state index >= 15 is 0 Å². The van der Waals surface area contributed by atoms with E-state index in [1.165, 1.54) is 17.8 Å². The highest BCUT2D eigenvalue weighted by Crippen LogP contribution is 2.27. The van der Waals surface area contributed by atoms with E-state index in [-0.39, 0.29) is 11.2 Å². The molecule has 2 heterocycles. The molecule has 0 unspecified atom stereocenters. The molecular formula is C23H22N2O3S. The Morgan fingerprint density at radius 1 is 1.03 bits per heavy atom. The molecule has 0 spiro atoms. The second kappa shape index (κ2) is 8.25. The van der Waals surface area contributed by atoms with Crippen molar-refractivity contribution < 1.29 is 4.42 Å². The second-order valence-corrected chi connectivity index (χ2v) is 7.87. The van der Waals surface area contributed by atoms with Crippen LogP contribution in [0.5, 0.6) is 0 Å². The molecule has 2 aromatic heterocycles. The zero-order valence-corrected chi connectivity index (χ0v) is 17.3. The van der Waals surface area contributed by atoms with Gasteiger partial charge in [0.2, 0.25) is 0 Å². The topological polar surface area (TPSA) is 65.1 Å². The highest BCUT2D eigenvalue weighted by molar-refractivity contribution is 7.98. The molecule has 29 heavy (non-hydrogen) atoms. The van der Waals surface area contributed by atoms with E-state index in [4.69, 9.17) is 9.40 Å². The van der Waals surface area contributed by atoms with Gasteiger partial charge in [-0.1, -0.05) is 49.9 Å². The summed E-state index contributed by atoms with van der Waals surface area (Å²) >= 11 is 1.47. The van der Waals surface area contributed by atoms with Crippen LogP contribution in [0.2, 0.25) is 0 Å². The number of para-hydroxylation sites is 1. The molecule has 148 valence electrons. The summed E-state index contributed by atoms with van der Waals surface area (Å²) in [6.07, 6.45) is 1.72. The van der Waals surface area contributed by atoms with Crippen molar-refractivity contribution in [1.29, 1.82) is 0 Å². The van der Waals surface area contributed by atoms with E-state index in [0.29, 0.717) is 33.9 Å². The standard InChI is InChI=1S/C23H22N2O3S/c1-3-11-25-22(27)18-7-5-6-8-19(18)24-23(25)29-14-16-13-21(26)28-20-12-15(4-2)9-10-17(16)20/h5-10,12-13H,3-4,11,14H2,1-2H3. The van der Waals surface area contributed by atoms with Gasteiger partial charge in [0.05, 0.1) is 10.9 Å². The van der Waals surface area contributed by atoms with E-state index in [1.54, 1.807) is 4.57 Å². The highest BCUT2D eigenvalue weighted by atomic mass is 32.2. The predicted octanol–water partition coefficient (Wildman–Crippen LogP) is 4.77. The smallest absolute Gasteiger partial charge is 0.336 e. The molecule has 0 bridgehead atoms. The van der Waals surface area contributed by atoms with Gasteiger partial charge in [0.1, 0.15) is 5.58 Å². The van der Waals surface area contributed by atoms with Crippen molar-refractivity contribution >= 4 is 33.6 Å². The molecule has 0 atom stereocenters. The van der Waals surface area contributed by atoms with Crippen LogP contribution in [0.15, 0.2) is 67.7 Å². The monoisotopic (exact) mass is 406 g/mol. The Bertz CT molecular complexity index is 1310. The summed E-state index contributed by atoms with van der Waals surface area (Å²) in [5.74, 6) is 0.530. The first-order chi connectivity index (χ1) is 14.1. The summed E-state index contributed by atoms with van der Waals surface area (Å²) in [5, 5.41) is 2.21. The van der Waals surface area contributed by atoms with Crippen LogP contribution < -0.4 is 11.2 Å². The summed E-state index contributed by atoms with van der Waals surface area (Å²) < 4.78 is 7.13. The second-order valence-electron chi connectivity index (χ2n) is 6.93. The summed E-state index contributed by atoms with van der Waals surface area (Å²) in [6, 6.07) is 14.9. The fraction of sp³-hybridized carbons (Fsp3) is 0.261. The Balaban J connectivity index is 1.76. The summed E-state index contributed by atoms with van der Waals surface area (Å²) in [6.45, 7) is 4.71. The maximum atomic E-state index is 12.9. The number of rotatable bonds is 6. The van der Waals surface area contributed by atoms with Gasteiger partial charge in [-0.2, -0.15) is 0 Å². The number of thioether (sulfide) groups is 1. The Kier molecular flexibility index (Phi) is 5.53. The van der Waals surface area contributed by atoms with Gasteiger partial charge in [-0.05, 0) is 42.2 Å². The van der Waals surface area contributed by atoms with Crippen molar-refractivity contribution in [1.82, 2.24) is 9.55 Å². The summed E-state index contributed by atoms with van der Waals surface area (Å²) in [5.41, 5.74) is 2.92. The molecule has 0 saturated heterocycles. The average molecular weight is 407 g/mol. The van der Waals surface area contributed by atoms with E-state index < -0.39 is 0 Å². The van der Waals surface area contributed by atoms with Gasteiger partial charge in [0.25, 0.3) is 5.56 Å². The number of benzene rings is 2. The predicted molar refractivity (Wildman–Crippen MR) is 118 cm³/mol. The number of hydrogen-bond acceptors (Lipinski definition) is 5. The first-order valence-corrected chi connectivity index (χ1v) is 10.8. The fourth-order valence-corrected chi connectivity index (χ4v) is 4.45. The lowest BCUT2D eigenvalue weighted by Crippen LogP contribution is -2.23. The largest absolute Gasteiger partial charge is 0.423 e. The van der Waals surface area contributed by atoms with Crippen LogP contribution in [0.25, 0.3) is 21.9 Å². The fourth-order valence-electron chi connectivity index (χ4n) is 3.43. The quantitative estimate of drug-likeness (QED) is 0.262. The first-order valence-electron chi connectivity index (χ1n) is 9.78. The van der Waals surface area contributed by atoms with Crippen LogP contribution in [0, 0.1) is 0 Å². The van der Waals surface area contributed by atoms with Crippen LogP contribution in [0.1, 0.15) is 31.4 Å². The van der Waals surface area contributed by atoms with Crippen molar-refractivity contribution in [2.24, 2.45) is 0 Å². The molecule has 0 fully saturated rings. The summed E-state index contributed by atoms with van der Waals surface area (Å²) in [4.78, 5) is 29.7. The van der Waals surface area contributed by atoms with E-state index in [1.807, 2.05) is 43.3 Å². The van der Waals surface area contributed by atoms with Crippen LogP contribution in [-0.4, -0.2) is 9.55 Å². The molecule has 0 aliphatic carbocycles. The van der Waals surface area contributed by atoms with Crippen molar-refractivity contribution in [2.45, 2.75) is 44.1 Å². The zero-order chi connectivity index (χ0) is 20.4. The minimum atomic E-state index is -0.362. The molecular weight excluding hydrogens is 384 g/mol. The van der Waals surface area contributed by atoms with Crippen molar-refractivity contribution in [2.75, 3.05) is 0 Å². The Hall–Kier alpha value is -2.86. The lowest BCUT2D eigenvalue weighted by atomic mass is 10.1. The van der Waals surface area contributed by atoms with Crippen LogP contribution in [0.3, 0.4) is 0 Å². The van der Waals surface area contributed by atoms with Gasteiger partial charge >= 0.3 is 5.63 Å². The van der Waals surface area contributed by atoms with Crippen LogP contribution in [-0.2, 0) is 18.7 Å². The molecule has 0 saturated carbocycles. The third kappa shape index (κ3) is 3.85. The number of aromatic nitrogens is 2. The van der Waals surface area contributed by atoms with Gasteiger partial charge in [-0.3, -0.25) is 9.36 Å². The lowest BCUT2D eigenvalue weighted by Gasteiger charge is -2.13. The molecule has 0 aliphatic heterocycles. The van der Waals surface area contributed by atoms with Gasteiger partial charge in [0.15, 0.2) is 5.16 Å². The molecule has 0 aliphatic rings. The van der Waals surface area contributed by atoms with Gasteiger partial charge in [0, 0.05) is 23.8 Å². The first kappa shape index (κ1) is 19.5. The Morgan fingerprint density at radius 2 is 1.86 bits per heavy atom. The van der Waals surface area contributed by atoms with Gasteiger partial charge < -0.3 is 4.42 Å². The maximum Gasteiger partial charge on any atom is 0.336 e. The van der Waals surface area contributed by atoms with E-state index in [9.17, 15) is 9.59 Å². The lowest BCUT2D eigenvalue weighted by molar-refractivity contribution is 0.559. The molecule has 0 amide bonds.